The number of anilines is 1. The topological polar surface area (TPSA) is 106 Å². The Kier molecular flexibility index (Phi) is 4.45. The third-order valence-electron chi connectivity index (χ3n) is 3.01. The van der Waals surface area contributed by atoms with Crippen LogP contribution < -0.4 is 15.2 Å². The molecule has 2 N–H and O–H groups in total. The lowest BCUT2D eigenvalue weighted by Crippen LogP contribution is -2.34. The van der Waals surface area contributed by atoms with Crippen LogP contribution >= 0.6 is 0 Å². The Hall–Kier alpha value is -2.83. The Labute approximate surface area is 126 Å². The fraction of sp³-hybridized carbons (Fsp3) is 0.267. The van der Waals surface area contributed by atoms with Gasteiger partial charge >= 0.3 is 11.9 Å². The zero-order valence-corrected chi connectivity index (χ0v) is 12.3. The van der Waals surface area contributed by atoms with Crippen molar-refractivity contribution in [1.82, 2.24) is 0 Å². The standard InChI is InChI=1S/C15H16N2O5/c1-3-21-14(19)9-8-11(15(20)22-4-2)17-7-5-6-10(16)12(17)13(9)18/h5-8H,3-4H2,1-2H3,(H2-,16,18,19,20). The third-order valence-corrected chi connectivity index (χ3v) is 3.01. The molecule has 0 bridgehead atoms. The van der Waals surface area contributed by atoms with Crippen LogP contribution in [-0.2, 0) is 9.47 Å². The smallest absolute Gasteiger partial charge is 0.404 e. The summed E-state index contributed by atoms with van der Waals surface area (Å²) in [4.78, 5) is 24.0. The van der Waals surface area contributed by atoms with Gasteiger partial charge in [0.1, 0.15) is 5.69 Å². The number of fused-ring (bicyclic) bond motifs is 1. The maximum absolute atomic E-state index is 12.4. The van der Waals surface area contributed by atoms with Crippen LogP contribution in [0.3, 0.4) is 0 Å². The van der Waals surface area contributed by atoms with Crippen LogP contribution in [0.1, 0.15) is 34.7 Å². The minimum absolute atomic E-state index is 0.0341. The summed E-state index contributed by atoms with van der Waals surface area (Å²) in [5.74, 6) is -2.05. The van der Waals surface area contributed by atoms with Gasteiger partial charge in [0.25, 0.3) is 5.69 Å². The molecular formula is C15H16N2O5. The second-order valence-electron chi connectivity index (χ2n) is 4.40. The van der Waals surface area contributed by atoms with Crippen molar-refractivity contribution < 1.29 is 28.6 Å². The normalized spacial score (nSPS) is 10.5. The van der Waals surface area contributed by atoms with Crippen LogP contribution in [0.25, 0.3) is 5.52 Å². The van der Waals surface area contributed by atoms with Crippen molar-refractivity contribution in [2.75, 3.05) is 18.9 Å². The van der Waals surface area contributed by atoms with Crippen LogP contribution in [0.2, 0.25) is 0 Å². The number of hydrogen-bond donors (Lipinski definition) is 1. The molecule has 0 atom stereocenters. The molecule has 0 saturated carbocycles. The molecule has 7 nitrogen and oxygen atoms in total. The lowest BCUT2D eigenvalue weighted by Gasteiger charge is -2.14. The van der Waals surface area contributed by atoms with Crippen molar-refractivity contribution in [1.29, 1.82) is 0 Å². The van der Waals surface area contributed by atoms with Gasteiger partial charge in [-0.3, -0.25) is 0 Å². The average molecular weight is 304 g/mol. The first-order valence-electron chi connectivity index (χ1n) is 6.79. The monoisotopic (exact) mass is 304 g/mol. The molecule has 0 aliphatic carbocycles. The summed E-state index contributed by atoms with van der Waals surface area (Å²) in [5, 5.41) is 12.4. The van der Waals surface area contributed by atoms with Crippen LogP contribution in [0.15, 0.2) is 24.4 Å². The molecule has 0 amide bonds. The van der Waals surface area contributed by atoms with Gasteiger partial charge in [-0.1, -0.05) is 0 Å². The first kappa shape index (κ1) is 15.6. The van der Waals surface area contributed by atoms with Gasteiger partial charge in [0.2, 0.25) is 5.52 Å². The van der Waals surface area contributed by atoms with E-state index in [2.05, 4.69) is 0 Å². The van der Waals surface area contributed by atoms with Gasteiger partial charge in [0.15, 0.2) is 6.20 Å². The summed E-state index contributed by atoms with van der Waals surface area (Å²) in [6.45, 7) is 3.56. The molecule has 2 heterocycles. The van der Waals surface area contributed by atoms with Crippen LogP contribution in [0.4, 0.5) is 5.69 Å². The number of esters is 2. The highest BCUT2D eigenvalue weighted by Crippen LogP contribution is 2.24. The minimum Gasteiger partial charge on any atom is -0.867 e. The first-order valence-corrected chi connectivity index (χ1v) is 6.79. The second kappa shape index (κ2) is 6.30. The molecule has 0 radical (unpaired) electrons. The predicted octanol–water partition coefficient (Wildman–Crippen LogP) is 0.434. The van der Waals surface area contributed by atoms with Crippen molar-refractivity contribution >= 4 is 23.1 Å². The molecule has 22 heavy (non-hydrogen) atoms. The molecule has 2 aromatic rings. The molecule has 0 aliphatic rings. The summed E-state index contributed by atoms with van der Waals surface area (Å²) < 4.78 is 11.1. The lowest BCUT2D eigenvalue weighted by molar-refractivity contribution is -0.519. The zero-order valence-electron chi connectivity index (χ0n) is 12.3. The number of nitrogens with two attached hydrogens (primary N) is 1. The highest BCUT2D eigenvalue weighted by atomic mass is 16.5. The minimum atomic E-state index is -0.802. The molecule has 0 fully saturated rings. The van der Waals surface area contributed by atoms with E-state index in [0.29, 0.717) is 0 Å². The molecule has 7 heteroatoms. The number of rotatable bonds is 4. The van der Waals surface area contributed by atoms with E-state index >= 15 is 0 Å². The van der Waals surface area contributed by atoms with Gasteiger partial charge in [0, 0.05) is 12.1 Å². The molecule has 0 aromatic carbocycles. The molecular weight excluding hydrogens is 288 g/mol. The van der Waals surface area contributed by atoms with Gasteiger partial charge in [-0.2, -0.15) is 4.40 Å². The van der Waals surface area contributed by atoms with Gasteiger partial charge in [-0.05, 0) is 25.7 Å². The first-order chi connectivity index (χ1) is 10.5. The Morgan fingerprint density at radius 1 is 1.23 bits per heavy atom. The Bertz CT molecular complexity index is 742. The van der Waals surface area contributed by atoms with Crippen LogP contribution in [-0.4, -0.2) is 25.2 Å². The van der Waals surface area contributed by atoms with E-state index in [4.69, 9.17) is 15.2 Å². The fourth-order valence-electron chi connectivity index (χ4n) is 2.09. The van der Waals surface area contributed by atoms with Gasteiger partial charge in [0.05, 0.1) is 18.8 Å². The van der Waals surface area contributed by atoms with Crippen molar-refractivity contribution in [3.05, 3.63) is 35.7 Å². The number of aromatic nitrogens is 1. The summed E-state index contributed by atoms with van der Waals surface area (Å²) >= 11 is 0. The van der Waals surface area contributed by atoms with Crippen molar-refractivity contribution in [2.45, 2.75) is 13.8 Å². The summed E-state index contributed by atoms with van der Waals surface area (Å²) in [6, 6.07) is 4.28. The lowest BCUT2D eigenvalue weighted by atomic mass is 10.1. The van der Waals surface area contributed by atoms with E-state index in [-0.39, 0.29) is 35.7 Å². The maximum Gasteiger partial charge on any atom is 0.404 e. The number of carbonyl (C=O) groups excluding carboxylic acids is 2. The maximum atomic E-state index is 12.4. The fourth-order valence-corrected chi connectivity index (χ4v) is 2.09. The highest BCUT2D eigenvalue weighted by molar-refractivity contribution is 5.98. The Morgan fingerprint density at radius 3 is 2.50 bits per heavy atom. The summed E-state index contributed by atoms with van der Waals surface area (Å²) in [6.07, 6.45) is 1.51. The number of hydrogen-bond acceptors (Lipinski definition) is 6. The van der Waals surface area contributed by atoms with Gasteiger partial charge < -0.3 is 20.3 Å². The number of nitrogen functional groups attached to an aromatic ring is 1. The molecule has 0 unspecified atom stereocenters. The van der Waals surface area contributed by atoms with Crippen LogP contribution in [0, 0.1) is 0 Å². The van der Waals surface area contributed by atoms with Gasteiger partial charge in [-0.15, -0.1) is 0 Å². The number of pyridine rings is 2. The Balaban J connectivity index is 2.78. The SMILES string of the molecule is CCOC(=O)c1cc(C(=O)OCC)[n+]2cccc(N)c2c1[O-]. The van der Waals surface area contributed by atoms with Crippen LogP contribution in [0.5, 0.6) is 5.75 Å². The largest absolute Gasteiger partial charge is 0.867 e. The quantitative estimate of drug-likeness (QED) is 0.649. The third kappa shape index (κ3) is 2.65. The molecule has 2 aromatic heterocycles. The molecule has 116 valence electrons. The summed E-state index contributed by atoms with van der Waals surface area (Å²) in [7, 11) is 0. The van der Waals surface area contributed by atoms with E-state index in [9.17, 15) is 14.7 Å². The highest BCUT2D eigenvalue weighted by Gasteiger charge is 2.26. The number of carbonyl (C=O) groups is 2. The predicted molar refractivity (Wildman–Crippen MR) is 75.4 cm³/mol. The molecule has 0 spiro atoms. The van der Waals surface area contributed by atoms with Crippen molar-refractivity contribution in [2.24, 2.45) is 0 Å². The second-order valence-corrected chi connectivity index (χ2v) is 4.40. The van der Waals surface area contributed by atoms with Gasteiger partial charge in [-0.25, -0.2) is 9.59 Å². The van der Waals surface area contributed by atoms with Crippen molar-refractivity contribution in [3.8, 4) is 5.75 Å². The Morgan fingerprint density at radius 2 is 1.86 bits per heavy atom. The van der Waals surface area contributed by atoms with E-state index in [1.807, 2.05) is 0 Å². The zero-order chi connectivity index (χ0) is 16.3. The van der Waals surface area contributed by atoms with E-state index in [0.717, 1.165) is 0 Å². The van der Waals surface area contributed by atoms with E-state index in [1.54, 1.807) is 19.9 Å². The van der Waals surface area contributed by atoms with Crippen molar-refractivity contribution in [3.63, 3.8) is 0 Å². The molecule has 0 aliphatic heterocycles. The number of nitrogens with zero attached hydrogens (tertiary/aromatic N) is 1. The van der Waals surface area contributed by atoms with E-state index in [1.165, 1.54) is 22.7 Å². The van der Waals surface area contributed by atoms with E-state index < -0.39 is 17.7 Å². The average Bonchev–Trinajstić information content (AvgIpc) is 2.48. The summed E-state index contributed by atoms with van der Waals surface area (Å²) in [5.41, 5.74) is 5.80. The number of ether oxygens (including phenoxy) is 2. The molecule has 2 rings (SSSR count). The molecule has 0 saturated heterocycles.